The van der Waals surface area contributed by atoms with Crippen LogP contribution in [0.15, 0.2) is 40.9 Å². The van der Waals surface area contributed by atoms with E-state index in [9.17, 15) is 4.79 Å². The lowest BCUT2D eigenvalue weighted by atomic mass is 10.1. The Morgan fingerprint density at radius 2 is 1.71 bits per heavy atom. The first-order chi connectivity index (χ1) is 9.88. The number of nitrogens with zero attached hydrogens (tertiary/aromatic N) is 1. The average molecular weight is 408 g/mol. The fourth-order valence-corrected chi connectivity index (χ4v) is 2.65. The normalized spacial score (nSPS) is 10.5. The van der Waals surface area contributed by atoms with Crippen molar-refractivity contribution in [3.05, 3.63) is 67.1 Å². The first-order valence-electron chi connectivity index (χ1n) is 6.03. The quantitative estimate of drug-likeness (QED) is 0.641. The number of halogens is 4. The number of amides is 1. The second-order valence-electron chi connectivity index (χ2n) is 4.54. The minimum Gasteiger partial charge on any atom is -0.337 e. The third-order valence-electron chi connectivity index (χ3n) is 2.92. The lowest BCUT2D eigenvalue weighted by molar-refractivity contribution is 0.0785. The average Bonchev–Trinajstić information content (AvgIpc) is 2.45. The molecule has 0 aliphatic heterocycles. The van der Waals surface area contributed by atoms with E-state index in [1.54, 1.807) is 42.3 Å². The van der Waals surface area contributed by atoms with Crippen LogP contribution < -0.4 is 0 Å². The SMILES string of the molecule is CN(Cc1ccc(Cl)c(Cl)c1)C(=O)c1ccc(Cl)c(Br)c1. The molecule has 0 saturated heterocycles. The number of rotatable bonds is 3. The van der Waals surface area contributed by atoms with E-state index in [2.05, 4.69) is 15.9 Å². The highest BCUT2D eigenvalue weighted by atomic mass is 79.9. The summed E-state index contributed by atoms with van der Waals surface area (Å²) < 4.78 is 0.693. The van der Waals surface area contributed by atoms with E-state index in [-0.39, 0.29) is 5.91 Å². The van der Waals surface area contributed by atoms with Crippen LogP contribution in [0.5, 0.6) is 0 Å². The lowest BCUT2D eigenvalue weighted by Crippen LogP contribution is -2.26. The van der Waals surface area contributed by atoms with Crippen LogP contribution in [0.25, 0.3) is 0 Å². The summed E-state index contributed by atoms with van der Waals surface area (Å²) in [4.78, 5) is 14.0. The largest absolute Gasteiger partial charge is 0.337 e. The number of benzene rings is 2. The molecule has 0 radical (unpaired) electrons. The Balaban J connectivity index is 2.15. The van der Waals surface area contributed by atoms with Gasteiger partial charge in [0, 0.05) is 23.6 Å². The molecule has 0 atom stereocenters. The van der Waals surface area contributed by atoms with Crippen LogP contribution >= 0.6 is 50.7 Å². The molecular weight excluding hydrogens is 396 g/mol. The Morgan fingerprint density at radius 1 is 1.05 bits per heavy atom. The molecular formula is C15H11BrCl3NO. The number of carbonyl (C=O) groups excluding carboxylic acids is 1. The fraction of sp³-hybridized carbons (Fsp3) is 0.133. The van der Waals surface area contributed by atoms with Gasteiger partial charge in [-0.1, -0.05) is 40.9 Å². The van der Waals surface area contributed by atoms with Crippen LogP contribution in [0.3, 0.4) is 0 Å². The number of hydrogen-bond acceptors (Lipinski definition) is 1. The molecule has 2 aromatic carbocycles. The summed E-state index contributed by atoms with van der Waals surface area (Å²) in [5.41, 5.74) is 1.47. The predicted molar refractivity (Wildman–Crippen MR) is 91.4 cm³/mol. The van der Waals surface area contributed by atoms with Gasteiger partial charge < -0.3 is 4.90 Å². The predicted octanol–water partition coefficient (Wildman–Crippen LogP) is 5.68. The van der Waals surface area contributed by atoms with Crippen LogP contribution in [0.2, 0.25) is 15.1 Å². The zero-order valence-electron chi connectivity index (χ0n) is 11.0. The zero-order valence-corrected chi connectivity index (χ0v) is 14.9. The first-order valence-corrected chi connectivity index (χ1v) is 7.95. The zero-order chi connectivity index (χ0) is 15.6. The van der Waals surface area contributed by atoms with Crippen molar-refractivity contribution in [1.82, 2.24) is 4.90 Å². The third-order valence-corrected chi connectivity index (χ3v) is 4.87. The van der Waals surface area contributed by atoms with Crippen molar-refractivity contribution in [3.8, 4) is 0 Å². The van der Waals surface area contributed by atoms with E-state index in [0.717, 1.165) is 5.56 Å². The Labute approximate surface area is 146 Å². The molecule has 0 spiro atoms. The molecule has 0 unspecified atom stereocenters. The highest BCUT2D eigenvalue weighted by molar-refractivity contribution is 9.10. The van der Waals surface area contributed by atoms with Gasteiger partial charge in [0.1, 0.15) is 0 Å². The molecule has 2 rings (SSSR count). The third kappa shape index (κ3) is 4.13. The smallest absolute Gasteiger partial charge is 0.253 e. The molecule has 110 valence electrons. The molecule has 0 heterocycles. The summed E-state index contributed by atoms with van der Waals surface area (Å²) >= 11 is 21.1. The summed E-state index contributed by atoms with van der Waals surface area (Å²) in [6.07, 6.45) is 0. The van der Waals surface area contributed by atoms with Crippen molar-refractivity contribution >= 4 is 56.6 Å². The van der Waals surface area contributed by atoms with Crippen LogP contribution in [0.1, 0.15) is 15.9 Å². The van der Waals surface area contributed by atoms with Crippen molar-refractivity contribution in [1.29, 1.82) is 0 Å². The van der Waals surface area contributed by atoms with Gasteiger partial charge in [-0.2, -0.15) is 0 Å². The topological polar surface area (TPSA) is 20.3 Å². The van der Waals surface area contributed by atoms with Crippen molar-refractivity contribution in [2.24, 2.45) is 0 Å². The summed E-state index contributed by atoms with van der Waals surface area (Å²) in [5, 5.41) is 1.54. The summed E-state index contributed by atoms with van der Waals surface area (Å²) in [6, 6.07) is 10.4. The van der Waals surface area contributed by atoms with Gasteiger partial charge in [-0.05, 0) is 51.8 Å². The highest BCUT2D eigenvalue weighted by Crippen LogP contribution is 2.25. The van der Waals surface area contributed by atoms with Gasteiger partial charge in [0.2, 0.25) is 0 Å². The van der Waals surface area contributed by atoms with Gasteiger partial charge >= 0.3 is 0 Å². The molecule has 0 aliphatic carbocycles. The van der Waals surface area contributed by atoms with Crippen LogP contribution in [0.4, 0.5) is 0 Å². The summed E-state index contributed by atoms with van der Waals surface area (Å²) in [7, 11) is 1.73. The van der Waals surface area contributed by atoms with E-state index in [1.165, 1.54) is 0 Å². The van der Waals surface area contributed by atoms with E-state index in [0.29, 0.717) is 31.6 Å². The Bertz CT molecular complexity index is 691. The first kappa shape index (κ1) is 16.6. The van der Waals surface area contributed by atoms with Gasteiger partial charge in [0.15, 0.2) is 0 Å². The molecule has 0 saturated carbocycles. The summed E-state index contributed by atoms with van der Waals surface area (Å²) in [5.74, 6) is -0.0987. The van der Waals surface area contributed by atoms with Gasteiger partial charge in [0.25, 0.3) is 5.91 Å². The monoisotopic (exact) mass is 405 g/mol. The highest BCUT2D eigenvalue weighted by Gasteiger charge is 2.13. The van der Waals surface area contributed by atoms with Gasteiger partial charge in [0.05, 0.1) is 15.1 Å². The molecule has 6 heteroatoms. The van der Waals surface area contributed by atoms with Gasteiger partial charge in [-0.25, -0.2) is 0 Å². The molecule has 0 fully saturated rings. The molecule has 0 aliphatic rings. The fourth-order valence-electron chi connectivity index (χ4n) is 1.83. The molecule has 0 aromatic heterocycles. The molecule has 0 N–H and O–H groups in total. The minimum atomic E-state index is -0.0987. The molecule has 1 amide bonds. The van der Waals surface area contributed by atoms with E-state index in [1.807, 2.05) is 6.07 Å². The van der Waals surface area contributed by atoms with E-state index < -0.39 is 0 Å². The molecule has 0 bridgehead atoms. The standard InChI is InChI=1S/C15H11BrCl3NO/c1-20(8-9-2-4-13(18)14(19)6-9)15(21)10-3-5-12(17)11(16)7-10/h2-7H,8H2,1H3. The van der Waals surface area contributed by atoms with Crippen molar-refractivity contribution in [3.63, 3.8) is 0 Å². The Kier molecular flexibility index (Phi) is 5.55. The molecule has 21 heavy (non-hydrogen) atoms. The van der Waals surface area contributed by atoms with E-state index >= 15 is 0 Å². The number of hydrogen-bond donors (Lipinski definition) is 0. The second-order valence-corrected chi connectivity index (χ2v) is 6.61. The van der Waals surface area contributed by atoms with Gasteiger partial charge in [-0.15, -0.1) is 0 Å². The summed E-state index contributed by atoms with van der Waals surface area (Å²) in [6.45, 7) is 0.440. The van der Waals surface area contributed by atoms with Crippen LogP contribution in [0, 0.1) is 0 Å². The Hall–Kier alpha value is -0.740. The molecule has 2 aromatic rings. The van der Waals surface area contributed by atoms with Crippen molar-refractivity contribution in [2.45, 2.75) is 6.54 Å². The maximum absolute atomic E-state index is 12.4. The lowest BCUT2D eigenvalue weighted by Gasteiger charge is -2.18. The second kappa shape index (κ2) is 7.01. The maximum Gasteiger partial charge on any atom is 0.253 e. The van der Waals surface area contributed by atoms with Crippen LogP contribution in [-0.4, -0.2) is 17.9 Å². The van der Waals surface area contributed by atoms with Crippen LogP contribution in [-0.2, 0) is 6.54 Å². The molecule has 2 nitrogen and oxygen atoms in total. The number of carbonyl (C=O) groups is 1. The van der Waals surface area contributed by atoms with Crippen molar-refractivity contribution in [2.75, 3.05) is 7.05 Å². The Morgan fingerprint density at radius 3 is 2.33 bits per heavy atom. The maximum atomic E-state index is 12.4. The van der Waals surface area contributed by atoms with E-state index in [4.69, 9.17) is 34.8 Å². The minimum absolute atomic E-state index is 0.0987. The van der Waals surface area contributed by atoms with Gasteiger partial charge in [-0.3, -0.25) is 4.79 Å². The van der Waals surface area contributed by atoms with Crippen molar-refractivity contribution < 1.29 is 4.79 Å².